The van der Waals surface area contributed by atoms with Crippen LogP contribution in [-0.2, 0) is 19.1 Å². The number of thiophene rings is 1. The van der Waals surface area contributed by atoms with Gasteiger partial charge in [0.1, 0.15) is 0 Å². The van der Waals surface area contributed by atoms with Crippen molar-refractivity contribution in [3.05, 3.63) is 22.4 Å². The van der Waals surface area contributed by atoms with Crippen molar-refractivity contribution in [2.45, 2.75) is 18.5 Å². The van der Waals surface area contributed by atoms with Crippen LogP contribution in [0.5, 0.6) is 0 Å². The first-order valence-corrected chi connectivity index (χ1v) is 8.25. The Bertz CT molecular complexity index is 646. The van der Waals surface area contributed by atoms with Crippen molar-refractivity contribution in [3.8, 4) is 0 Å². The van der Waals surface area contributed by atoms with Crippen molar-refractivity contribution in [3.63, 3.8) is 0 Å². The minimum atomic E-state index is -1.59. The lowest BCUT2D eigenvalue weighted by Gasteiger charge is -2.30. The van der Waals surface area contributed by atoms with E-state index in [0.717, 1.165) is 9.78 Å². The quantitative estimate of drug-likeness (QED) is 0.589. The van der Waals surface area contributed by atoms with Crippen LogP contribution in [0.4, 0.5) is 0 Å². The maximum Gasteiger partial charge on any atom is 0.329 e. The fourth-order valence-electron chi connectivity index (χ4n) is 3.67. The van der Waals surface area contributed by atoms with Crippen LogP contribution in [-0.4, -0.2) is 53.6 Å². The van der Waals surface area contributed by atoms with E-state index in [0.29, 0.717) is 0 Å². The average molecular weight is 338 g/mol. The molecular weight excluding hydrogens is 320 g/mol. The maximum absolute atomic E-state index is 12.7. The molecule has 3 rings (SSSR count). The Hall–Kier alpha value is -1.77. The van der Waals surface area contributed by atoms with Gasteiger partial charge >= 0.3 is 5.97 Å². The van der Waals surface area contributed by atoms with Gasteiger partial charge in [0, 0.05) is 11.4 Å². The monoisotopic (exact) mass is 338 g/mol. The summed E-state index contributed by atoms with van der Waals surface area (Å²) in [5, 5.41) is 14.8. The number of hydrogen-bond acceptors (Lipinski definition) is 7. The van der Waals surface area contributed by atoms with E-state index < -0.39 is 41.9 Å². The Morgan fingerprint density at radius 1 is 1.48 bits per heavy atom. The Morgan fingerprint density at radius 3 is 2.74 bits per heavy atom. The fourth-order valence-corrected chi connectivity index (χ4v) is 4.49. The molecule has 4 atom stereocenters. The number of hydrogen-bond donors (Lipinski definition) is 2. The zero-order valence-electron chi connectivity index (χ0n) is 12.8. The van der Waals surface area contributed by atoms with Crippen LogP contribution >= 0.6 is 11.3 Å². The highest BCUT2D eigenvalue weighted by molar-refractivity contribution is 7.10. The van der Waals surface area contributed by atoms with E-state index in [9.17, 15) is 19.5 Å². The van der Waals surface area contributed by atoms with Gasteiger partial charge in [-0.05, 0) is 18.4 Å². The Balaban J connectivity index is 2.13. The third-order valence-electron chi connectivity index (χ3n) is 4.71. The lowest BCUT2D eigenvalue weighted by molar-refractivity contribution is -0.156. The number of amides is 2. The predicted octanol–water partition coefficient (Wildman–Crippen LogP) is -0.0824. The van der Waals surface area contributed by atoms with E-state index in [1.54, 1.807) is 6.92 Å². The van der Waals surface area contributed by atoms with E-state index in [1.165, 1.54) is 18.4 Å². The van der Waals surface area contributed by atoms with Gasteiger partial charge < -0.3 is 9.84 Å². The van der Waals surface area contributed by atoms with Gasteiger partial charge in [0.25, 0.3) is 0 Å². The number of aliphatic hydroxyl groups excluding tert-OH is 1. The summed E-state index contributed by atoms with van der Waals surface area (Å²) in [5.41, 5.74) is -1.59. The van der Waals surface area contributed by atoms with Crippen LogP contribution in [0.25, 0.3) is 0 Å². The third kappa shape index (κ3) is 2.05. The van der Waals surface area contributed by atoms with Crippen LogP contribution in [0.2, 0.25) is 0 Å². The molecular formula is C15H18N2O5S. The summed E-state index contributed by atoms with van der Waals surface area (Å²) >= 11 is 1.43. The highest BCUT2D eigenvalue weighted by Gasteiger charge is 2.68. The van der Waals surface area contributed by atoms with Gasteiger partial charge in [0.15, 0.2) is 5.54 Å². The summed E-state index contributed by atoms with van der Waals surface area (Å²) in [7, 11) is 1.20. The van der Waals surface area contributed by atoms with E-state index in [2.05, 4.69) is 5.32 Å². The number of carbonyl (C=O) groups excluding carboxylic acids is 3. The number of imide groups is 1. The Labute approximate surface area is 137 Å². The molecule has 2 amide bonds. The second kappa shape index (κ2) is 5.70. The number of ether oxygens (including phenoxy) is 1. The summed E-state index contributed by atoms with van der Waals surface area (Å²) in [6.07, 6.45) is 0. The highest BCUT2D eigenvalue weighted by atomic mass is 32.1. The molecule has 0 bridgehead atoms. The minimum Gasteiger partial charge on any atom is -0.468 e. The summed E-state index contributed by atoms with van der Waals surface area (Å²) in [4.78, 5) is 39.7. The van der Waals surface area contributed by atoms with Crippen LogP contribution in [0.1, 0.15) is 17.8 Å². The molecule has 0 spiro atoms. The molecule has 2 saturated heterocycles. The number of aliphatic hydroxyl groups is 1. The van der Waals surface area contributed by atoms with Crippen molar-refractivity contribution in [1.29, 1.82) is 0 Å². The summed E-state index contributed by atoms with van der Waals surface area (Å²) in [5.74, 6) is -3.15. The minimum absolute atomic E-state index is 0.241. The second-order valence-corrected chi connectivity index (χ2v) is 6.66. The van der Waals surface area contributed by atoms with E-state index in [1.807, 2.05) is 17.5 Å². The van der Waals surface area contributed by atoms with Gasteiger partial charge in [-0.3, -0.25) is 19.8 Å². The van der Waals surface area contributed by atoms with Gasteiger partial charge in [-0.1, -0.05) is 6.07 Å². The number of carbonyl (C=O) groups is 3. The van der Waals surface area contributed by atoms with Crippen LogP contribution in [0, 0.1) is 11.8 Å². The molecule has 0 radical (unpaired) electrons. The topological polar surface area (TPSA) is 95.9 Å². The molecule has 0 aromatic carbocycles. The zero-order valence-corrected chi connectivity index (χ0v) is 13.6. The van der Waals surface area contributed by atoms with E-state index in [4.69, 9.17) is 4.74 Å². The first kappa shape index (κ1) is 16.1. The van der Waals surface area contributed by atoms with Crippen LogP contribution in [0.15, 0.2) is 17.5 Å². The van der Waals surface area contributed by atoms with Crippen LogP contribution < -0.4 is 5.32 Å². The normalized spacial score (nSPS) is 33.2. The molecule has 2 fully saturated rings. The summed E-state index contributed by atoms with van der Waals surface area (Å²) in [6, 6.07) is 3.18. The second-order valence-electron chi connectivity index (χ2n) is 5.68. The van der Waals surface area contributed by atoms with Crippen LogP contribution in [0.3, 0.4) is 0 Å². The van der Waals surface area contributed by atoms with Crippen molar-refractivity contribution >= 4 is 29.1 Å². The molecule has 3 heterocycles. The van der Waals surface area contributed by atoms with Crippen molar-refractivity contribution in [2.75, 3.05) is 20.3 Å². The Kier molecular flexibility index (Phi) is 3.99. The van der Waals surface area contributed by atoms with Gasteiger partial charge in [0.2, 0.25) is 11.8 Å². The molecule has 124 valence electrons. The average Bonchev–Trinajstić information content (AvgIpc) is 3.24. The van der Waals surface area contributed by atoms with Crippen molar-refractivity contribution < 1.29 is 24.2 Å². The standard InChI is InChI=1S/C15H18N2O5S/c1-3-17-12(19)9-10(13(17)20)15(7-18,14(21)22-2)16-11(9)8-5-4-6-23-8/h4-6,9-11,16,18H,3,7H2,1-2H3/t9-,10+,11+,15-/m1/s1. The first-order valence-electron chi connectivity index (χ1n) is 7.37. The SMILES string of the molecule is CCN1C(=O)[C@@H]2[C@@H](C1=O)[C@](CO)(C(=O)OC)N[C@H]2c1cccs1. The number of esters is 1. The van der Waals surface area contributed by atoms with Crippen molar-refractivity contribution in [1.82, 2.24) is 10.2 Å². The predicted molar refractivity (Wildman–Crippen MR) is 81.4 cm³/mol. The molecule has 23 heavy (non-hydrogen) atoms. The molecule has 0 unspecified atom stereocenters. The number of methoxy groups -OCH3 is 1. The number of nitrogens with one attached hydrogen (secondary N) is 1. The van der Waals surface area contributed by atoms with Gasteiger partial charge in [-0.2, -0.15) is 0 Å². The molecule has 2 N–H and O–H groups in total. The van der Waals surface area contributed by atoms with Crippen molar-refractivity contribution in [2.24, 2.45) is 11.8 Å². The number of likely N-dealkylation sites (tertiary alicyclic amines) is 1. The molecule has 2 aliphatic heterocycles. The molecule has 8 heteroatoms. The lowest BCUT2D eigenvalue weighted by Crippen LogP contribution is -2.58. The van der Waals surface area contributed by atoms with Gasteiger partial charge in [-0.15, -0.1) is 11.3 Å². The third-order valence-corrected chi connectivity index (χ3v) is 5.67. The lowest BCUT2D eigenvalue weighted by atomic mass is 9.80. The van der Waals surface area contributed by atoms with Gasteiger partial charge in [0.05, 0.1) is 31.6 Å². The van der Waals surface area contributed by atoms with E-state index in [-0.39, 0.29) is 12.5 Å². The molecule has 0 aliphatic carbocycles. The van der Waals surface area contributed by atoms with Gasteiger partial charge in [-0.25, -0.2) is 4.79 Å². The number of nitrogens with zero attached hydrogens (tertiary/aromatic N) is 1. The Morgan fingerprint density at radius 2 is 2.22 bits per heavy atom. The smallest absolute Gasteiger partial charge is 0.329 e. The van der Waals surface area contributed by atoms with E-state index >= 15 is 0 Å². The maximum atomic E-state index is 12.7. The molecule has 1 aromatic heterocycles. The molecule has 7 nitrogen and oxygen atoms in total. The largest absolute Gasteiger partial charge is 0.468 e. The highest BCUT2D eigenvalue weighted by Crippen LogP contribution is 2.49. The number of fused-ring (bicyclic) bond motifs is 1. The number of rotatable bonds is 4. The first-order chi connectivity index (χ1) is 11.0. The molecule has 1 aromatic rings. The summed E-state index contributed by atoms with van der Waals surface area (Å²) in [6.45, 7) is 1.34. The molecule has 0 saturated carbocycles. The summed E-state index contributed by atoms with van der Waals surface area (Å²) < 4.78 is 4.81. The zero-order chi connectivity index (χ0) is 16.8. The molecule has 2 aliphatic rings. The fraction of sp³-hybridized carbons (Fsp3) is 0.533.